The normalized spacial score (nSPS) is 10.4. The Bertz CT molecular complexity index is 565. The standard InChI is InChI=1S/C14H13N3O2/c1-19-12-6-3-11(4-7-12)5-8-13(18)17-14-15-9-2-10-16-14/h2-10H,1H3,(H,15,16,17,18). The van der Waals surface area contributed by atoms with Gasteiger partial charge in [0.15, 0.2) is 0 Å². The Morgan fingerprint density at radius 1 is 1.21 bits per heavy atom. The summed E-state index contributed by atoms with van der Waals surface area (Å²) in [5.41, 5.74) is 0.907. The van der Waals surface area contributed by atoms with Gasteiger partial charge in [-0.25, -0.2) is 9.97 Å². The highest BCUT2D eigenvalue weighted by Gasteiger charge is 1.98. The highest BCUT2D eigenvalue weighted by molar-refractivity contribution is 6.00. The number of rotatable bonds is 4. The quantitative estimate of drug-likeness (QED) is 0.850. The molecule has 96 valence electrons. The van der Waals surface area contributed by atoms with E-state index in [4.69, 9.17) is 4.74 Å². The molecule has 1 aromatic heterocycles. The highest BCUT2D eigenvalue weighted by atomic mass is 16.5. The fourth-order valence-corrected chi connectivity index (χ4v) is 1.40. The molecule has 0 radical (unpaired) electrons. The molecule has 5 nitrogen and oxygen atoms in total. The third kappa shape index (κ3) is 3.92. The van der Waals surface area contributed by atoms with Gasteiger partial charge in [0.2, 0.25) is 5.95 Å². The number of methoxy groups -OCH3 is 1. The maximum atomic E-state index is 11.6. The van der Waals surface area contributed by atoms with Crippen LogP contribution >= 0.6 is 0 Å². The minimum Gasteiger partial charge on any atom is -0.497 e. The van der Waals surface area contributed by atoms with Gasteiger partial charge < -0.3 is 4.74 Å². The third-order valence-electron chi connectivity index (χ3n) is 2.34. The van der Waals surface area contributed by atoms with E-state index in [0.29, 0.717) is 0 Å². The summed E-state index contributed by atoms with van der Waals surface area (Å²) in [4.78, 5) is 19.4. The van der Waals surface area contributed by atoms with Gasteiger partial charge in [-0.1, -0.05) is 12.1 Å². The van der Waals surface area contributed by atoms with Crippen molar-refractivity contribution in [2.75, 3.05) is 12.4 Å². The van der Waals surface area contributed by atoms with Crippen molar-refractivity contribution in [3.05, 3.63) is 54.4 Å². The van der Waals surface area contributed by atoms with Crippen LogP contribution in [-0.2, 0) is 4.79 Å². The molecule has 0 bridgehead atoms. The molecular formula is C14H13N3O2. The second kappa shape index (κ2) is 6.30. The Balaban J connectivity index is 1.96. The largest absolute Gasteiger partial charge is 0.497 e. The minimum absolute atomic E-state index is 0.276. The number of anilines is 1. The molecule has 1 amide bonds. The van der Waals surface area contributed by atoms with Gasteiger partial charge in [0.25, 0.3) is 5.91 Å². The maximum Gasteiger partial charge on any atom is 0.250 e. The lowest BCUT2D eigenvalue weighted by atomic mass is 10.2. The van der Waals surface area contributed by atoms with E-state index in [1.807, 2.05) is 24.3 Å². The molecule has 19 heavy (non-hydrogen) atoms. The molecule has 0 unspecified atom stereocenters. The molecular weight excluding hydrogens is 242 g/mol. The van der Waals surface area contributed by atoms with Gasteiger partial charge in [0, 0.05) is 18.5 Å². The Hall–Kier alpha value is -2.69. The molecule has 2 aromatic rings. The minimum atomic E-state index is -0.276. The van der Waals surface area contributed by atoms with Crippen LogP contribution < -0.4 is 10.1 Å². The molecule has 0 atom stereocenters. The van der Waals surface area contributed by atoms with Crippen LogP contribution in [0, 0.1) is 0 Å². The first-order chi connectivity index (χ1) is 9.28. The lowest BCUT2D eigenvalue weighted by Crippen LogP contribution is -2.10. The zero-order valence-corrected chi connectivity index (χ0v) is 10.4. The summed E-state index contributed by atoms with van der Waals surface area (Å²) in [5, 5.41) is 2.56. The number of nitrogens with one attached hydrogen (secondary N) is 1. The summed E-state index contributed by atoms with van der Waals surface area (Å²) in [7, 11) is 1.61. The molecule has 5 heteroatoms. The number of ether oxygens (including phenoxy) is 1. The van der Waals surface area contributed by atoms with Gasteiger partial charge in [-0.3, -0.25) is 10.1 Å². The van der Waals surface area contributed by atoms with Crippen LogP contribution in [0.1, 0.15) is 5.56 Å². The summed E-state index contributed by atoms with van der Waals surface area (Å²) in [5.74, 6) is 0.785. The Kier molecular flexibility index (Phi) is 4.23. The summed E-state index contributed by atoms with van der Waals surface area (Å²) in [6.07, 6.45) is 6.27. The van der Waals surface area contributed by atoms with Crippen LogP contribution in [0.5, 0.6) is 5.75 Å². The van der Waals surface area contributed by atoms with Gasteiger partial charge in [-0.2, -0.15) is 0 Å². The number of carbonyl (C=O) groups is 1. The van der Waals surface area contributed by atoms with Gasteiger partial charge in [0.05, 0.1) is 7.11 Å². The van der Waals surface area contributed by atoms with Crippen LogP contribution in [0.15, 0.2) is 48.8 Å². The average Bonchev–Trinajstić information content (AvgIpc) is 2.47. The maximum absolute atomic E-state index is 11.6. The summed E-state index contributed by atoms with van der Waals surface area (Å²) in [6.45, 7) is 0. The second-order valence-corrected chi connectivity index (χ2v) is 3.67. The van der Waals surface area contributed by atoms with E-state index in [2.05, 4.69) is 15.3 Å². The van der Waals surface area contributed by atoms with Gasteiger partial charge >= 0.3 is 0 Å². The molecule has 0 spiro atoms. The number of benzene rings is 1. The molecule has 0 aliphatic heterocycles. The first-order valence-corrected chi connectivity index (χ1v) is 5.68. The van der Waals surface area contributed by atoms with Crippen molar-refractivity contribution in [3.63, 3.8) is 0 Å². The van der Waals surface area contributed by atoms with Crippen LogP contribution in [0.2, 0.25) is 0 Å². The number of amides is 1. The third-order valence-corrected chi connectivity index (χ3v) is 2.34. The van der Waals surface area contributed by atoms with Crippen molar-refractivity contribution < 1.29 is 9.53 Å². The predicted molar refractivity (Wildman–Crippen MR) is 72.7 cm³/mol. The Labute approximate surface area is 111 Å². The molecule has 1 heterocycles. The molecule has 2 rings (SSSR count). The Morgan fingerprint density at radius 3 is 2.53 bits per heavy atom. The zero-order valence-electron chi connectivity index (χ0n) is 10.4. The zero-order chi connectivity index (χ0) is 13.5. The Morgan fingerprint density at radius 2 is 1.89 bits per heavy atom. The van der Waals surface area contributed by atoms with Crippen molar-refractivity contribution >= 4 is 17.9 Å². The first-order valence-electron chi connectivity index (χ1n) is 5.68. The topological polar surface area (TPSA) is 64.1 Å². The van der Waals surface area contributed by atoms with E-state index in [1.165, 1.54) is 6.08 Å². The van der Waals surface area contributed by atoms with E-state index in [0.717, 1.165) is 11.3 Å². The average molecular weight is 255 g/mol. The number of nitrogens with zero attached hydrogens (tertiary/aromatic N) is 2. The summed E-state index contributed by atoms with van der Waals surface area (Å²) in [6, 6.07) is 9.07. The monoisotopic (exact) mass is 255 g/mol. The smallest absolute Gasteiger partial charge is 0.250 e. The lowest BCUT2D eigenvalue weighted by Gasteiger charge is -2.00. The second-order valence-electron chi connectivity index (χ2n) is 3.67. The lowest BCUT2D eigenvalue weighted by molar-refractivity contribution is -0.111. The van der Waals surface area contributed by atoms with E-state index >= 15 is 0 Å². The van der Waals surface area contributed by atoms with Gasteiger partial charge in [-0.15, -0.1) is 0 Å². The molecule has 0 saturated heterocycles. The van der Waals surface area contributed by atoms with Crippen molar-refractivity contribution in [1.29, 1.82) is 0 Å². The fraction of sp³-hybridized carbons (Fsp3) is 0.0714. The SMILES string of the molecule is COc1ccc(C=CC(=O)Nc2ncccn2)cc1. The van der Waals surface area contributed by atoms with Gasteiger partial charge in [-0.05, 0) is 29.8 Å². The predicted octanol–water partition coefficient (Wildman–Crippen LogP) is 2.14. The summed E-state index contributed by atoms with van der Waals surface area (Å²) < 4.78 is 5.05. The number of aromatic nitrogens is 2. The van der Waals surface area contributed by atoms with E-state index in [-0.39, 0.29) is 11.9 Å². The van der Waals surface area contributed by atoms with E-state index in [1.54, 1.807) is 31.6 Å². The van der Waals surface area contributed by atoms with Gasteiger partial charge in [0.1, 0.15) is 5.75 Å². The van der Waals surface area contributed by atoms with Crippen LogP contribution in [0.3, 0.4) is 0 Å². The fourth-order valence-electron chi connectivity index (χ4n) is 1.40. The number of hydrogen-bond donors (Lipinski definition) is 1. The van der Waals surface area contributed by atoms with E-state index < -0.39 is 0 Å². The molecule has 0 aliphatic rings. The highest BCUT2D eigenvalue weighted by Crippen LogP contribution is 2.12. The van der Waals surface area contributed by atoms with Crippen molar-refractivity contribution in [2.45, 2.75) is 0 Å². The van der Waals surface area contributed by atoms with Crippen LogP contribution in [-0.4, -0.2) is 23.0 Å². The molecule has 0 aliphatic carbocycles. The first kappa shape index (κ1) is 12.8. The summed E-state index contributed by atoms with van der Waals surface area (Å²) >= 11 is 0. The van der Waals surface area contributed by atoms with Crippen molar-refractivity contribution in [1.82, 2.24) is 9.97 Å². The number of hydrogen-bond acceptors (Lipinski definition) is 4. The van der Waals surface area contributed by atoms with Crippen LogP contribution in [0.4, 0.5) is 5.95 Å². The van der Waals surface area contributed by atoms with Crippen LogP contribution in [0.25, 0.3) is 6.08 Å². The van der Waals surface area contributed by atoms with E-state index in [9.17, 15) is 4.79 Å². The van der Waals surface area contributed by atoms with Crippen molar-refractivity contribution in [3.8, 4) is 5.75 Å². The molecule has 1 aromatic carbocycles. The van der Waals surface area contributed by atoms with Crippen molar-refractivity contribution in [2.24, 2.45) is 0 Å². The molecule has 0 fully saturated rings. The molecule has 1 N–H and O–H groups in total. The number of carbonyl (C=O) groups excluding carboxylic acids is 1. The molecule has 0 saturated carbocycles.